The first-order valence-electron chi connectivity index (χ1n) is 6.45. The van der Waals surface area contributed by atoms with Crippen LogP contribution in [0.4, 0.5) is 11.4 Å². The third-order valence-corrected chi connectivity index (χ3v) is 3.25. The Kier molecular flexibility index (Phi) is 5.21. The van der Waals surface area contributed by atoms with Crippen LogP contribution in [0, 0.1) is 0 Å². The number of pyridine rings is 1. The fourth-order valence-corrected chi connectivity index (χ4v) is 1.94. The van der Waals surface area contributed by atoms with Crippen molar-refractivity contribution in [2.45, 2.75) is 6.54 Å². The van der Waals surface area contributed by atoms with Crippen LogP contribution in [0.3, 0.4) is 0 Å². The standard InChI is InChI=1S/C15H18ClN3O/c1-19(8-9-20)14-5-3-13(4-6-14)17-10-12-2-7-15(16)18-11-12/h2-7,11,17,20H,8-10H2,1H3. The van der Waals surface area contributed by atoms with Crippen LogP contribution >= 0.6 is 11.6 Å². The van der Waals surface area contributed by atoms with Crippen LogP contribution in [0.5, 0.6) is 0 Å². The summed E-state index contributed by atoms with van der Waals surface area (Å²) in [6, 6.07) is 11.8. The molecule has 0 saturated carbocycles. The second-order valence-electron chi connectivity index (χ2n) is 4.53. The van der Waals surface area contributed by atoms with Gasteiger partial charge in [-0.3, -0.25) is 0 Å². The van der Waals surface area contributed by atoms with Crippen molar-refractivity contribution < 1.29 is 5.11 Å². The van der Waals surface area contributed by atoms with Crippen LogP contribution in [0.1, 0.15) is 5.56 Å². The van der Waals surface area contributed by atoms with Crippen LogP contribution in [-0.4, -0.2) is 30.3 Å². The second kappa shape index (κ2) is 7.12. The Hall–Kier alpha value is -1.78. The molecule has 20 heavy (non-hydrogen) atoms. The molecule has 106 valence electrons. The minimum Gasteiger partial charge on any atom is -0.395 e. The predicted octanol–water partition coefficient (Wildman–Crippen LogP) is 2.78. The van der Waals surface area contributed by atoms with Gasteiger partial charge < -0.3 is 15.3 Å². The summed E-state index contributed by atoms with van der Waals surface area (Å²) >= 11 is 5.75. The van der Waals surface area contributed by atoms with Gasteiger partial charge in [0.2, 0.25) is 0 Å². The molecule has 2 aromatic rings. The highest BCUT2D eigenvalue weighted by Gasteiger charge is 2.00. The molecule has 4 nitrogen and oxygen atoms in total. The van der Waals surface area contributed by atoms with Gasteiger partial charge in [-0.25, -0.2) is 4.98 Å². The smallest absolute Gasteiger partial charge is 0.129 e. The lowest BCUT2D eigenvalue weighted by Crippen LogP contribution is -2.20. The van der Waals surface area contributed by atoms with Crippen molar-refractivity contribution in [1.29, 1.82) is 0 Å². The lowest BCUT2D eigenvalue weighted by Gasteiger charge is -2.18. The summed E-state index contributed by atoms with van der Waals surface area (Å²) in [5.74, 6) is 0. The molecule has 0 aliphatic rings. The zero-order chi connectivity index (χ0) is 14.4. The summed E-state index contributed by atoms with van der Waals surface area (Å²) in [5.41, 5.74) is 3.20. The number of halogens is 1. The van der Waals surface area contributed by atoms with Gasteiger partial charge in [0.15, 0.2) is 0 Å². The summed E-state index contributed by atoms with van der Waals surface area (Å²) in [6.45, 7) is 1.49. The molecule has 1 aromatic heterocycles. The molecule has 5 heteroatoms. The number of aliphatic hydroxyl groups excluding tert-OH is 1. The second-order valence-corrected chi connectivity index (χ2v) is 4.92. The van der Waals surface area contributed by atoms with Crippen molar-refractivity contribution in [3.05, 3.63) is 53.3 Å². The number of likely N-dealkylation sites (N-methyl/N-ethyl adjacent to an activating group) is 1. The Labute approximate surface area is 124 Å². The van der Waals surface area contributed by atoms with Crippen molar-refractivity contribution in [3.63, 3.8) is 0 Å². The number of anilines is 2. The largest absolute Gasteiger partial charge is 0.395 e. The molecule has 0 amide bonds. The molecule has 0 unspecified atom stereocenters. The SMILES string of the molecule is CN(CCO)c1ccc(NCc2ccc(Cl)nc2)cc1. The molecule has 2 rings (SSSR count). The summed E-state index contributed by atoms with van der Waals surface area (Å²) in [7, 11) is 1.96. The van der Waals surface area contributed by atoms with E-state index in [0.717, 1.165) is 16.9 Å². The minimum absolute atomic E-state index is 0.153. The molecule has 0 fully saturated rings. The predicted molar refractivity (Wildman–Crippen MR) is 83.4 cm³/mol. The van der Waals surface area contributed by atoms with Gasteiger partial charge in [0.05, 0.1) is 6.61 Å². The number of hydrogen-bond acceptors (Lipinski definition) is 4. The van der Waals surface area contributed by atoms with E-state index in [9.17, 15) is 0 Å². The third-order valence-electron chi connectivity index (χ3n) is 3.03. The van der Waals surface area contributed by atoms with Gasteiger partial charge in [-0.15, -0.1) is 0 Å². The maximum atomic E-state index is 8.91. The number of rotatable bonds is 6. The monoisotopic (exact) mass is 291 g/mol. The van der Waals surface area contributed by atoms with E-state index in [0.29, 0.717) is 18.2 Å². The first-order valence-corrected chi connectivity index (χ1v) is 6.83. The van der Waals surface area contributed by atoms with E-state index in [2.05, 4.69) is 10.3 Å². The topological polar surface area (TPSA) is 48.4 Å². The first-order chi connectivity index (χ1) is 9.69. The summed E-state index contributed by atoms with van der Waals surface area (Å²) < 4.78 is 0. The Balaban J connectivity index is 1.92. The molecule has 0 aliphatic carbocycles. The Bertz CT molecular complexity index is 528. The minimum atomic E-state index is 0.153. The van der Waals surface area contributed by atoms with Crippen molar-refractivity contribution in [1.82, 2.24) is 4.98 Å². The van der Waals surface area contributed by atoms with E-state index in [1.165, 1.54) is 0 Å². The van der Waals surface area contributed by atoms with E-state index < -0.39 is 0 Å². The van der Waals surface area contributed by atoms with Gasteiger partial charge in [-0.1, -0.05) is 17.7 Å². The lowest BCUT2D eigenvalue weighted by atomic mass is 10.2. The first kappa shape index (κ1) is 14.6. The Morgan fingerprint density at radius 1 is 1.20 bits per heavy atom. The zero-order valence-corrected chi connectivity index (χ0v) is 12.1. The molecule has 0 saturated heterocycles. The van der Waals surface area contributed by atoms with Gasteiger partial charge in [-0.2, -0.15) is 0 Å². The van der Waals surface area contributed by atoms with Gasteiger partial charge >= 0.3 is 0 Å². The van der Waals surface area contributed by atoms with E-state index in [1.807, 2.05) is 42.3 Å². The highest BCUT2D eigenvalue weighted by molar-refractivity contribution is 6.29. The third kappa shape index (κ3) is 4.11. The molecule has 0 spiro atoms. The Morgan fingerprint density at radius 2 is 1.95 bits per heavy atom. The zero-order valence-electron chi connectivity index (χ0n) is 11.4. The highest BCUT2D eigenvalue weighted by atomic mass is 35.5. The van der Waals surface area contributed by atoms with Crippen LogP contribution in [0.2, 0.25) is 5.15 Å². The number of nitrogens with one attached hydrogen (secondary N) is 1. The molecular formula is C15H18ClN3O. The van der Waals surface area contributed by atoms with Crippen LogP contribution in [0.15, 0.2) is 42.6 Å². The van der Waals surface area contributed by atoms with Gasteiger partial charge in [0.25, 0.3) is 0 Å². The summed E-state index contributed by atoms with van der Waals surface area (Å²) in [4.78, 5) is 6.05. The van der Waals surface area contributed by atoms with Gasteiger partial charge in [0.1, 0.15) is 5.15 Å². The average Bonchev–Trinajstić information content (AvgIpc) is 2.47. The van der Waals surface area contributed by atoms with Crippen LogP contribution in [0.25, 0.3) is 0 Å². The van der Waals surface area contributed by atoms with E-state index in [-0.39, 0.29) is 6.61 Å². The number of hydrogen-bond donors (Lipinski definition) is 2. The molecule has 0 atom stereocenters. The van der Waals surface area contributed by atoms with Gasteiger partial charge in [0, 0.05) is 37.7 Å². The highest BCUT2D eigenvalue weighted by Crippen LogP contribution is 2.17. The molecule has 1 heterocycles. The summed E-state index contributed by atoms with van der Waals surface area (Å²) in [6.07, 6.45) is 1.76. The van der Waals surface area contributed by atoms with E-state index in [4.69, 9.17) is 16.7 Å². The van der Waals surface area contributed by atoms with Crippen molar-refractivity contribution in [2.24, 2.45) is 0 Å². The normalized spacial score (nSPS) is 10.3. The van der Waals surface area contributed by atoms with Crippen LogP contribution < -0.4 is 10.2 Å². The number of benzene rings is 1. The Morgan fingerprint density at radius 3 is 2.55 bits per heavy atom. The fourth-order valence-electron chi connectivity index (χ4n) is 1.83. The number of aromatic nitrogens is 1. The molecular weight excluding hydrogens is 274 g/mol. The van der Waals surface area contributed by atoms with Crippen molar-refractivity contribution in [3.8, 4) is 0 Å². The van der Waals surface area contributed by atoms with Crippen molar-refractivity contribution >= 4 is 23.0 Å². The average molecular weight is 292 g/mol. The molecule has 0 radical (unpaired) electrons. The van der Waals surface area contributed by atoms with Gasteiger partial charge in [-0.05, 0) is 35.9 Å². The van der Waals surface area contributed by atoms with Crippen molar-refractivity contribution in [2.75, 3.05) is 30.4 Å². The molecule has 0 bridgehead atoms. The summed E-state index contributed by atoms with van der Waals surface area (Å²) in [5, 5.41) is 12.7. The number of aliphatic hydroxyl groups is 1. The molecule has 2 N–H and O–H groups in total. The van der Waals surface area contributed by atoms with Crippen LogP contribution in [-0.2, 0) is 6.54 Å². The molecule has 1 aromatic carbocycles. The quantitative estimate of drug-likeness (QED) is 0.804. The van der Waals surface area contributed by atoms with E-state index >= 15 is 0 Å². The maximum Gasteiger partial charge on any atom is 0.129 e. The molecule has 0 aliphatic heterocycles. The maximum absolute atomic E-state index is 8.91. The number of nitrogens with zero attached hydrogens (tertiary/aromatic N) is 2. The van der Waals surface area contributed by atoms with E-state index in [1.54, 1.807) is 12.3 Å². The fraction of sp³-hybridized carbons (Fsp3) is 0.267. The lowest BCUT2D eigenvalue weighted by molar-refractivity contribution is 0.304.